The zero-order valence-electron chi connectivity index (χ0n) is 10.3. The van der Waals surface area contributed by atoms with Crippen LogP contribution >= 0.6 is 11.8 Å². The van der Waals surface area contributed by atoms with E-state index in [1.807, 2.05) is 30.0 Å². The van der Waals surface area contributed by atoms with Crippen molar-refractivity contribution in [3.8, 4) is 0 Å². The molecular weight excluding hydrogens is 240 g/mol. The Morgan fingerprint density at radius 3 is 2.67 bits per heavy atom. The summed E-state index contributed by atoms with van der Waals surface area (Å²) in [4.78, 5) is 1.31. The van der Waals surface area contributed by atoms with Crippen molar-refractivity contribution in [2.45, 2.75) is 23.8 Å². The summed E-state index contributed by atoms with van der Waals surface area (Å²) in [6, 6.07) is 16.5. The number of aryl methyl sites for hydroxylation is 1. The molecule has 0 radical (unpaired) electrons. The molecular formula is C16H16OS. The fraction of sp³-hybridized carbons (Fsp3) is 0.250. The molecule has 2 atom stereocenters. The molecule has 92 valence electrons. The first kappa shape index (κ1) is 11.8. The van der Waals surface area contributed by atoms with Gasteiger partial charge in [-0.15, -0.1) is 11.8 Å². The van der Waals surface area contributed by atoms with Gasteiger partial charge in [0.2, 0.25) is 0 Å². The van der Waals surface area contributed by atoms with Gasteiger partial charge in [-0.3, -0.25) is 0 Å². The lowest BCUT2D eigenvalue weighted by atomic mass is 9.89. The van der Waals surface area contributed by atoms with Crippen LogP contribution in [0.1, 0.15) is 28.7 Å². The standard InChI is InChI=1S/C16H16OS/c1-11-6-2-3-7-12(11)16(17)14-10-18-15-9-5-4-8-13(14)15/h2-9,14,16-17H,10H2,1H3. The Labute approximate surface area is 112 Å². The molecule has 1 nitrogen and oxygen atoms in total. The van der Waals surface area contributed by atoms with Crippen LogP contribution in [0, 0.1) is 6.92 Å². The molecule has 18 heavy (non-hydrogen) atoms. The van der Waals surface area contributed by atoms with E-state index in [1.54, 1.807) is 0 Å². The number of rotatable bonds is 2. The number of aliphatic hydroxyl groups is 1. The number of thioether (sulfide) groups is 1. The maximum atomic E-state index is 10.6. The van der Waals surface area contributed by atoms with E-state index < -0.39 is 6.10 Å². The van der Waals surface area contributed by atoms with Gasteiger partial charge in [-0.25, -0.2) is 0 Å². The fourth-order valence-corrected chi connectivity index (χ4v) is 3.87. The van der Waals surface area contributed by atoms with Gasteiger partial charge >= 0.3 is 0 Å². The van der Waals surface area contributed by atoms with E-state index in [0.29, 0.717) is 0 Å². The molecule has 1 heterocycles. The second-order valence-electron chi connectivity index (χ2n) is 4.76. The number of hydrogen-bond acceptors (Lipinski definition) is 2. The van der Waals surface area contributed by atoms with E-state index in [1.165, 1.54) is 16.0 Å². The van der Waals surface area contributed by atoms with Gasteiger partial charge in [-0.1, -0.05) is 42.5 Å². The highest BCUT2D eigenvalue weighted by Gasteiger charge is 2.30. The van der Waals surface area contributed by atoms with E-state index in [9.17, 15) is 5.11 Å². The van der Waals surface area contributed by atoms with Gasteiger partial charge < -0.3 is 5.11 Å². The third kappa shape index (κ3) is 1.96. The lowest BCUT2D eigenvalue weighted by Crippen LogP contribution is -2.11. The second-order valence-corrected chi connectivity index (χ2v) is 5.82. The third-order valence-corrected chi connectivity index (χ3v) is 4.83. The maximum absolute atomic E-state index is 10.6. The molecule has 2 heteroatoms. The molecule has 1 aliphatic heterocycles. The zero-order chi connectivity index (χ0) is 12.5. The summed E-state index contributed by atoms with van der Waals surface area (Å²) < 4.78 is 0. The lowest BCUT2D eigenvalue weighted by Gasteiger charge is -2.20. The first-order chi connectivity index (χ1) is 8.77. The molecule has 0 spiro atoms. The molecule has 0 aliphatic carbocycles. The van der Waals surface area contributed by atoms with Gasteiger partial charge in [-0.05, 0) is 29.7 Å². The van der Waals surface area contributed by atoms with Gasteiger partial charge in [0, 0.05) is 16.6 Å². The maximum Gasteiger partial charge on any atom is 0.0869 e. The Morgan fingerprint density at radius 2 is 1.83 bits per heavy atom. The molecule has 0 saturated carbocycles. The Balaban J connectivity index is 1.96. The van der Waals surface area contributed by atoms with Crippen LogP contribution in [0.15, 0.2) is 53.4 Å². The molecule has 0 bridgehead atoms. The van der Waals surface area contributed by atoms with Crippen LogP contribution in [-0.2, 0) is 0 Å². The van der Waals surface area contributed by atoms with Gasteiger partial charge in [0.15, 0.2) is 0 Å². The minimum absolute atomic E-state index is 0.215. The molecule has 1 N–H and O–H groups in total. The van der Waals surface area contributed by atoms with E-state index in [-0.39, 0.29) is 5.92 Å². The van der Waals surface area contributed by atoms with Crippen LogP contribution in [0.5, 0.6) is 0 Å². The van der Waals surface area contributed by atoms with Crippen molar-refractivity contribution in [1.29, 1.82) is 0 Å². The molecule has 1 aliphatic rings. The van der Waals surface area contributed by atoms with Crippen molar-refractivity contribution in [3.05, 3.63) is 65.2 Å². The highest BCUT2D eigenvalue weighted by Crippen LogP contribution is 2.45. The summed E-state index contributed by atoms with van der Waals surface area (Å²) in [7, 11) is 0. The smallest absolute Gasteiger partial charge is 0.0869 e. The van der Waals surface area contributed by atoms with Crippen molar-refractivity contribution >= 4 is 11.8 Å². The van der Waals surface area contributed by atoms with Gasteiger partial charge in [-0.2, -0.15) is 0 Å². The Kier molecular flexibility index (Phi) is 3.14. The molecule has 0 saturated heterocycles. The lowest BCUT2D eigenvalue weighted by molar-refractivity contribution is 0.153. The van der Waals surface area contributed by atoms with Gasteiger partial charge in [0.25, 0.3) is 0 Å². The van der Waals surface area contributed by atoms with E-state index >= 15 is 0 Å². The van der Waals surface area contributed by atoms with Crippen molar-refractivity contribution in [3.63, 3.8) is 0 Å². The van der Waals surface area contributed by atoms with Crippen LogP contribution < -0.4 is 0 Å². The third-order valence-electron chi connectivity index (χ3n) is 3.63. The molecule has 0 amide bonds. The zero-order valence-corrected chi connectivity index (χ0v) is 11.2. The summed E-state index contributed by atoms with van der Waals surface area (Å²) in [5, 5.41) is 10.6. The molecule has 2 unspecified atom stereocenters. The van der Waals surface area contributed by atoms with Crippen molar-refractivity contribution in [2.75, 3.05) is 5.75 Å². The number of hydrogen-bond donors (Lipinski definition) is 1. The highest BCUT2D eigenvalue weighted by molar-refractivity contribution is 7.99. The minimum atomic E-state index is -0.401. The number of fused-ring (bicyclic) bond motifs is 1. The van der Waals surface area contributed by atoms with E-state index in [4.69, 9.17) is 0 Å². The van der Waals surface area contributed by atoms with Crippen molar-refractivity contribution in [2.24, 2.45) is 0 Å². The molecule has 3 rings (SSSR count). The predicted octanol–water partition coefficient (Wildman–Crippen LogP) is 3.92. The van der Waals surface area contributed by atoms with Gasteiger partial charge in [0.05, 0.1) is 6.10 Å². The summed E-state index contributed by atoms with van der Waals surface area (Å²) in [6.45, 7) is 2.06. The van der Waals surface area contributed by atoms with Crippen LogP contribution in [0.4, 0.5) is 0 Å². The van der Waals surface area contributed by atoms with Crippen LogP contribution in [0.25, 0.3) is 0 Å². The summed E-state index contributed by atoms with van der Waals surface area (Å²) >= 11 is 1.84. The quantitative estimate of drug-likeness (QED) is 0.879. The minimum Gasteiger partial charge on any atom is -0.388 e. The Morgan fingerprint density at radius 1 is 1.11 bits per heavy atom. The molecule has 0 fully saturated rings. The average Bonchev–Trinajstić information content (AvgIpc) is 2.82. The van der Waals surface area contributed by atoms with Crippen LogP contribution in [0.3, 0.4) is 0 Å². The fourth-order valence-electron chi connectivity index (χ4n) is 2.58. The predicted molar refractivity (Wildman–Crippen MR) is 76.0 cm³/mol. The number of benzene rings is 2. The van der Waals surface area contributed by atoms with Crippen molar-refractivity contribution in [1.82, 2.24) is 0 Å². The SMILES string of the molecule is Cc1ccccc1C(O)C1CSc2ccccc21. The first-order valence-corrected chi connectivity index (χ1v) is 7.21. The van der Waals surface area contributed by atoms with E-state index in [0.717, 1.165) is 11.3 Å². The summed E-state index contributed by atoms with van der Waals surface area (Å²) in [5.41, 5.74) is 3.51. The average molecular weight is 256 g/mol. The van der Waals surface area contributed by atoms with E-state index in [2.05, 4.69) is 37.3 Å². The molecule has 2 aromatic carbocycles. The highest BCUT2D eigenvalue weighted by atomic mass is 32.2. The van der Waals surface area contributed by atoms with Gasteiger partial charge in [0.1, 0.15) is 0 Å². The summed E-state index contributed by atoms with van der Waals surface area (Å²) in [5.74, 6) is 1.18. The molecule has 2 aromatic rings. The Bertz CT molecular complexity index is 565. The topological polar surface area (TPSA) is 20.2 Å². The second kappa shape index (κ2) is 4.79. The Hall–Kier alpha value is -1.25. The monoisotopic (exact) mass is 256 g/mol. The molecule has 0 aromatic heterocycles. The normalized spacial score (nSPS) is 19.6. The van der Waals surface area contributed by atoms with Crippen LogP contribution in [0.2, 0.25) is 0 Å². The first-order valence-electron chi connectivity index (χ1n) is 6.22. The largest absolute Gasteiger partial charge is 0.388 e. The van der Waals surface area contributed by atoms with Crippen LogP contribution in [-0.4, -0.2) is 10.9 Å². The number of aliphatic hydroxyl groups excluding tert-OH is 1. The van der Waals surface area contributed by atoms with Crippen molar-refractivity contribution < 1.29 is 5.11 Å². The summed E-state index contributed by atoms with van der Waals surface area (Å²) in [6.07, 6.45) is -0.401.